The Kier molecular flexibility index (Phi) is 4.65. The van der Waals surface area contributed by atoms with E-state index in [-0.39, 0.29) is 0 Å². The molecule has 0 atom stereocenters. The summed E-state index contributed by atoms with van der Waals surface area (Å²) in [5, 5.41) is 12.1. The first kappa shape index (κ1) is 12.4. The molecule has 1 rings (SSSR count). The van der Waals surface area contributed by atoms with Gasteiger partial charge in [0.1, 0.15) is 6.07 Å². The van der Waals surface area contributed by atoms with Crippen molar-refractivity contribution in [2.45, 2.75) is 26.7 Å². The Morgan fingerprint density at radius 3 is 2.81 bits per heavy atom. The van der Waals surface area contributed by atoms with Gasteiger partial charge in [-0.2, -0.15) is 5.26 Å². The molecule has 1 aromatic carbocycles. The van der Waals surface area contributed by atoms with Crippen molar-refractivity contribution < 1.29 is 0 Å². The SMILES string of the molecule is CC(C)CCCNc1cccc(C#N)c1N. The number of nitriles is 1. The van der Waals surface area contributed by atoms with Crippen LogP contribution in [0, 0.1) is 17.2 Å². The van der Waals surface area contributed by atoms with Gasteiger partial charge in [-0.05, 0) is 30.9 Å². The Morgan fingerprint density at radius 1 is 1.44 bits per heavy atom. The minimum absolute atomic E-state index is 0.536. The van der Waals surface area contributed by atoms with E-state index in [0.717, 1.165) is 24.6 Å². The molecule has 86 valence electrons. The maximum Gasteiger partial charge on any atom is 0.101 e. The average molecular weight is 217 g/mol. The predicted molar refractivity (Wildman–Crippen MR) is 68.1 cm³/mol. The van der Waals surface area contributed by atoms with Crippen LogP contribution in [-0.2, 0) is 0 Å². The quantitative estimate of drug-likeness (QED) is 0.588. The number of para-hydroxylation sites is 1. The van der Waals surface area contributed by atoms with E-state index in [1.165, 1.54) is 6.42 Å². The first-order valence-electron chi connectivity index (χ1n) is 5.67. The molecule has 0 aliphatic heterocycles. The van der Waals surface area contributed by atoms with Crippen molar-refractivity contribution in [2.75, 3.05) is 17.6 Å². The monoisotopic (exact) mass is 217 g/mol. The highest BCUT2D eigenvalue weighted by Crippen LogP contribution is 2.21. The molecule has 3 N–H and O–H groups in total. The van der Waals surface area contributed by atoms with Crippen LogP contribution < -0.4 is 11.1 Å². The number of nitrogen functional groups attached to an aromatic ring is 1. The third kappa shape index (κ3) is 3.47. The third-order valence-electron chi connectivity index (χ3n) is 2.50. The molecule has 0 spiro atoms. The Morgan fingerprint density at radius 2 is 2.19 bits per heavy atom. The molecule has 0 amide bonds. The molecule has 3 heteroatoms. The standard InChI is InChI=1S/C13H19N3/c1-10(2)5-4-8-16-12-7-3-6-11(9-14)13(12)15/h3,6-7,10,16H,4-5,8,15H2,1-2H3. The van der Waals surface area contributed by atoms with Gasteiger partial charge in [0.25, 0.3) is 0 Å². The molecule has 0 unspecified atom stereocenters. The molecule has 16 heavy (non-hydrogen) atoms. The lowest BCUT2D eigenvalue weighted by Crippen LogP contribution is -2.06. The molecule has 0 aliphatic rings. The van der Waals surface area contributed by atoms with Crippen LogP contribution in [0.3, 0.4) is 0 Å². The molecule has 0 bridgehead atoms. The van der Waals surface area contributed by atoms with Gasteiger partial charge in [0.2, 0.25) is 0 Å². The normalized spacial score (nSPS) is 10.1. The van der Waals surface area contributed by atoms with Gasteiger partial charge in [-0.1, -0.05) is 19.9 Å². The van der Waals surface area contributed by atoms with Gasteiger partial charge in [0.15, 0.2) is 0 Å². The van der Waals surface area contributed by atoms with Crippen LogP contribution in [0.25, 0.3) is 0 Å². The molecular weight excluding hydrogens is 198 g/mol. The van der Waals surface area contributed by atoms with Gasteiger partial charge in [0.05, 0.1) is 16.9 Å². The molecule has 3 nitrogen and oxygen atoms in total. The summed E-state index contributed by atoms with van der Waals surface area (Å²) in [5.41, 5.74) is 7.80. The van der Waals surface area contributed by atoms with Gasteiger partial charge in [-0.3, -0.25) is 0 Å². The van der Waals surface area contributed by atoms with Gasteiger partial charge >= 0.3 is 0 Å². The molecule has 0 heterocycles. The maximum absolute atomic E-state index is 8.83. The Balaban J connectivity index is 2.52. The van der Waals surface area contributed by atoms with Gasteiger partial charge in [-0.25, -0.2) is 0 Å². The van der Waals surface area contributed by atoms with E-state index in [9.17, 15) is 0 Å². The Bertz CT molecular complexity index is 377. The highest BCUT2D eigenvalue weighted by atomic mass is 14.9. The van der Waals surface area contributed by atoms with Gasteiger partial charge < -0.3 is 11.1 Å². The van der Waals surface area contributed by atoms with Crippen molar-refractivity contribution in [2.24, 2.45) is 5.92 Å². The van der Waals surface area contributed by atoms with Crippen molar-refractivity contribution in [3.63, 3.8) is 0 Å². The highest BCUT2D eigenvalue weighted by molar-refractivity contribution is 5.72. The summed E-state index contributed by atoms with van der Waals surface area (Å²) in [6, 6.07) is 7.57. The zero-order valence-corrected chi connectivity index (χ0v) is 9.96. The lowest BCUT2D eigenvalue weighted by atomic mass is 10.1. The number of benzene rings is 1. The molecule has 0 aliphatic carbocycles. The van der Waals surface area contributed by atoms with Crippen LogP contribution in [0.4, 0.5) is 11.4 Å². The number of nitrogens with zero attached hydrogens (tertiary/aromatic N) is 1. The number of anilines is 2. The smallest absolute Gasteiger partial charge is 0.101 e. The molecule has 0 saturated carbocycles. The lowest BCUT2D eigenvalue weighted by Gasteiger charge is -2.10. The van der Waals surface area contributed by atoms with E-state index in [1.54, 1.807) is 6.07 Å². The molecule has 1 aromatic rings. The van der Waals surface area contributed by atoms with Crippen molar-refractivity contribution in [1.29, 1.82) is 5.26 Å². The molecule has 0 saturated heterocycles. The number of hydrogen-bond donors (Lipinski definition) is 2. The summed E-state index contributed by atoms with van der Waals surface area (Å²) in [6.45, 7) is 5.33. The minimum Gasteiger partial charge on any atom is -0.396 e. The van der Waals surface area contributed by atoms with Gasteiger partial charge in [-0.15, -0.1) is 0 Å². The van der Waals surface area contributed by atoms with Crippen molar-refractivity contribution in [3.8, 4) is 6.07 Å². The minimum atomic E-state index is 0.536. The summed E-state index contributed by atoms with van der Waals surface area (Å²) in [6.07, 6.45) is 2.32. The number of rotatable bonds is 5. The van der Waals surface area contributed by atoms with E-state index in [0.29, 0.717) is 11.3 Å². The fourth-order valence-corrected chi connectivity index (χ4v) is 1.55. The number of nitrogens with two attached hydrogens (primary N) is 1. The summed E-state index contributed by atoms with van der Waals surface area (Å²) < 4.78 is 0. The zero-order valence-electron chi connectivity index (χ0n) is 9.96. The Hall–Kier alpha value is -1.69. The fourth-order valence-electron chi connectivity index (χ4n) is 1.55. The van der Waals surface area contributed by atoms with Crippen LogP contribution in [-0.4, -0.2) is 6.54 Å². The second kappa shape index (κ2) is 6.02. The second-order valence-corrected chi connectivity index (χ2v) is 4.34. The van der Waals surface area contributed by atoms with E-state index in [4.69, 9.17) is 11.0 Å². The predicted octanol–water partition coefficient (Wildman–Crippen LogP) is 2.99. The molecular formula is C13H19N3. The van der Waals surface area contributed by atoms with Crippen LogP contribution in [0.1, 0.15) is 32.3 Å². The van der Waals surface area contributed by atoms with Crippen molar-refractivity contribution >= 4 is 11.4 Å². The maximum atomic E-state index is 8.83. The lowest BCUT2D eigenvalue weighted by molar-refractivity contribution is 0.567. The fraction of sp³-hybridized carbons (Fsp3) is 0.462. The van der Waals surface area contributed by atoms with Crippen LogP contribution in [0.2, 0.25) is 0 Å². The first-order chi connectivity index (χ1) is 7.65. The summed E-state index contributed by atoms with van der Waals surface area (Å²) in [4.78, 5) is 0. The summed E-state index contributed by atoms with van der Waals surface area (Å²) in [5.74, 6) is 0.726. The largest absolute Gasteiger partial charge is 0.396 e. The van der Waals surface area contributed by atoms with E-state index in [2.05, 4.69) is 25.2 Å². The Labute approximate surface area is 97.3 Å². The number of nitrogens with one attached hydrogen (secondary N) is 1. The van der Waals surface area contributed by atoms with Gasteiger partial charge in [0, 0.05) is 6.54 Å². The average Bonchev–Trinajstić information content (AvgIpc) is 2.26. The van der Waals surface area contributed by atoms with Crippen LogP contribution in [0.15, 0.2) is 18.2 Å². The first-order valence-corrected chi connectivity index (χ1v) is 5.67. The number of hydrogen-bond acceptors (Lipinski definition) is 3. The molecule has 0 fully saturated rings. The van der Waals surface area contributed by atoms with E-state index in [1.807, 2.05) is 12.1 Å². The van der Waals surface area contributed by atoms with E-state index >= 15 is 0 Å². The highest BCUT2D eigenvalue weighted by Gasteiger charge is 2.03. The van der Waals surface area contributed by atoms with Crippen molar-refractivity contribution in [1.82, 2.24) is 0 Å². The molecule has 0 aromatic heterocycles. The van der Waals surface area contributed by atoms with Crippen LogP contribution >= 0.6 is 0 Å². The third-order valence-corrected chi connectivity index (χ3v) is 2.50. The summed E-state index contributed by atoms with van der Waals surface area (Å²) in [7, 11) is 0. The topological polar surface area (TPSA) is 61.8 Å². The zero-order chi connectivity index (χ0) is 12.0. The summed E-state index contributed by atoms with van der Waals surface area (Å²) >= 11 is 0. The van der Waals surface area contributed by atoms with Crippen molar-refractivity contribution in [3.05, 3.63) is 23.8 Å². The van der Waals surface area contributed by atoms with E-state index < -0.39 is 0 Å². The second-order valence-electron chi connectivity index (χ2n) is 4.34. The molecule has 0 radical (unpaired) electrons. The van der Waals surface area contributed by atoms with Crippen LogP contribution in [0.5, 0.6) is 0 Å².